The first kappa shape index (κ1) is 13.4. The highest BCUT2D eigenvalue weighted by molar-refractivity contribution is 5.85. The number of methoxy groups -OCH3 is 1. The van der Waals surface area contributed by atoms with Crippen LogP contribution in [0.15, 0.2) is 34.8 Å². The fourth-order valence-electron chi connectivity index (χ4n) is 1.40. The van der Waals surface area contributed by atoms with Crippen molar-refractivity contribution in [3.05, 3.63) is 41.2 Å². The lowest BCUT2D eigenvalue weighted by atomic mass is 10.1. The Morgan fingerprint density at radius 1 is 1.41 bits per heavy atom. The van der Waals surface area contributed by atoms with Crippen molar-refractivity contribution in [3.63, 3.8) is 0 Å². The van der Waals surface area contributed by atoms with Gasteiger partial charge in [-0.25, -0.2) is 9.38 Å². The largest absolute Gasteiger partial charge is 0.483 e. The van der Waals surface area contributed by atoms with Gasteiger partial charge < -0.3 is 10.5 Å². The number of hydrogen-bond donors (Lipinski definition) is 1. The minimum atomic E-state index is -0.289. The number of nitrogens with two attached hydrogens (primary N) is 1. The molecule has 3 nitrogen and oxygen atoms in total. The Labute approximate surface area is 101 Å². The molecule has 0 aliphatic rings. The minimum Gasteiger partial charge on any atom is -0.483 e. The third-order valence-corrected chi connectivity index (χ3v) is 2.22. The van der Waals surface area contributed by atoms with E-state index in [1.54, 1.807) is 12.1 Å². The van der Waals surface area contributed by atoms with Crippen molar-refractivity contribution in [3.8, 4) is 0 Å². The molecule has 0 aliphatic heterocycles. The molecular formula is C13H17FN2O. The van der Waals surface area contributed by atoms with Crippen molar-refractivity contribution < 1.29 is 9.13 Å². The van der Waals surface area contributed by atoms with Crippen molar-refractivity contribution in [2.75, 3.05) is 13.7 Å². The van der Waals surface area contributed by atoms with Gasteiger partial charge in [0.15, 0.2) is 0 Å². The van der Waals surface area contributed by atoms with E-state index in [0.29, 0.717) is 17.2 Å². The Morgan fingerprint density at radius 2 is 2.12 bits per heavy atom. The van der Waals surface area contributed by atoms with E-state index >= 15 is 0 Å². The highest BCUT2D eigenvalue weighted by atomic mass is 19.1. The Bertz CT molecular complexity index is 442. The Hall–Kier alpha value is -1.68. The quantitative estimate of drug-likeness (QED) is 0.647. The third kappa shape index (κ3) is 3.67. The highest BCUT2D eigenvalue weighted by Crippen LogP contribution is 2.21. The maximum Gasteiger partial charge on any atom is 0.202 e. The first-order valence-corrected chi connectivity index (χ1v) is 5.33. The van der Waals surface area contributed by atoms with Crippen LogP contribution >= 0.6 is 0 Å². The molecule has 0 bridgehead atoms. The van der Waals surface area contributed by atoms with E-state index in [9.17, 15) is 4.39 Å². The fraction of sp³-hybridized carbons (Fsp3) is 0.308. The lowest BCUT2D eigenvalue weighted by Crippen LogP contribution is -2.15. The van der Waals surface area contributed by atoms with Gasteiger partial charge in [-0.1, -0.05) is 12.1 Å². The molecule has 17 heavy (non-hydrogen) atoms. The average molecular weight is 236 g/mol. The molecule has 0 saturated carbocycles. The highest BCUT2D eigenvalue weighted by Gasteiger charge is 2.05. The molecule has 2 N–H and O–H groups in total. The molecule has 0 fully saturated rings. The Balaban J connectivity index is 3.21. The van der Waals surface area contributed by atoms with Gasteiger partial charge in [-0.2, -0.15) is 0 Å². The summed E-state index contributed by atoms with van der Waals surface area (Å²) in [5, 5.41) is 0. The van der Waals surface area contributed by atoms with Crippen LogP contribution in [-0.2, 0) is 4.74 Å². The Kier molecular flexibility index (Phi) is 4.84. The van der Waals surface area contributed by atoms with E-state index in [-0.39, 0.29) is 12.4 Å². The SMILES string of the molecule is COC(CN)=NC(=C(C)C)c1cccc(F)c1. The van der Waals surface area contributed by atoms with Gasteiger partial charge in [0.25, 0.3) is 0 Å². The molecule has 0 radical (unpaired) electrons. The van der Waals surface area contributed by atoms with E-state index in [2.05, 4.69) is 4.99 Å². The Morgan fingerprint density at radius 3 is 2.59 bits per heavy atom. The van der Waals surface area contributed by atoms with Crippen LogP contribution in [0.1, 0.15) is 19.4 Å². The van der Waals surface area contributed by atoms with Crippen LogP contribution in [0.4, 0.5) is 4.39 Å². The van der Waals surface area contributed by atoms with Gasteiger partial charge in [-0.05, 0) is 31.6 Å². The number of allylic oxidation sites excluding steroid dienone is 1. The molecule has 0 amide bonds. The van der Waals surface area contributed by atoms with Crippen LogP contribution in [0.2, 0.25) is 0 Å². The molecule has 0 unspecified atom stereocenters. The van der Waals surface area contributed by atoms with Crippen molar-refractivity contribution >= 4 is 11.6 Å². The zero-order chi connectivity index (χ0) is 12.8. The summed E-state index contributed by atoms with van der Waals surface area (Å²) in [6.07, 6.45) is 0. The summed E-state index contributed by atoms with van der Waals surface area (Å²) in [7, 11) is 1.51. The molecule has 1 rings (SSSR count). The first-order chi connectivity index (χ1) is 8.08. The second-order valence-corrected chi connectivity index (χ2v) is 3.77. The standard InChI is InChI=1S/C13H17FN2O/c1-9(2)13(16-12(8-15)17-3)10-5-4-6-11(14)7-10/h4-7H,8,15H2,1-3H3. The normalized spacial score (nSPS) is 11.2. The number of nitrogens with zero attached hydrogens (tertiary/aromatic N) is 1. The van der Waals surface area contributed by atoms with Crippen molar-refractivity contribution in [2.24, 2.45) is 10.7 Å². The number of halogens is 1. The minimum absolute atomic E-state index is 0.211. The molecule has 0 heterocycles. The summed E-state index contributed by atoms with van der Waals surface area (Å²) in [5.74, 6) is 0.133. The van der Waals surface area contributed by atoms with E-state index in [4.69, 9.17) is 10.5 Å². The van der Waals surface area contributed by atoms with Crippen LogP contribution < -0.4 is 5.73 Å². The molecule has 0 saturated heterocycles. The van der Waals surface area contributed by atoms with Crippen LogP contribution in [0.25, 0.3) is 5.70 Å². The first-order valence-electron chi connectivity index (χ1n) is 5.33. The fourth-order valence-corrected chi connectivity index (χ4v) is 1.40. The van der Waals surface area contributed by atoms with Crippen LogP contribution in [0, 0.1) is 5.82 Å². The van der Waals surface area contributed by atoms with Gasteiger partial charge in [0, 0.05) is 5.56 Å². The van der Waals surface area contributed by atoms with E-state index in [1.165, 1.54) is 19.2 Å². The van der Waals surface area contributed by atoms with Gasteiger partial charge in [-0.15, -0.1) is 0 Å². The summed E-state index contributed by atoms with van der Waals surface area (Å²) >= 11 is 0. The van der Waals surface area contributed by atoms with Gasteiger partial charge in [-0.3, -0.25) is 0 Å². The molecule has 4 heteroatoms. The van der Waals surface area contributed by atoms with Crippen LogP contribution in [-0.4, -0.2) is 19.6 Å². The lowest BCUT2D eigenvalue weighted by Gasteiger charge is -2.08. The van der Waals surface area contributed by atoms with Crippen LogP contribution in [0.3, 0.4) is 0 Å². The second-order valence-electron chi connectivity index (χ2n) is 3.77. The predicted molar refractivity (Wildman–Crippen MR) is 68.2 cm³/mol. The van der Waals surface area contributed by atoms with Gasteiger partial charge in [0.2, 0.25) is 5.90 Å². The molecule has 1 aromatic rings. The zero-order valence-corrected chi connectivity index (χ0v) is 10.3. The summed E-state index contributed by atoms with van der Waals surface area (Å²) in [6.45, 7) is 4.03. The smallest absolute Gasteiger partial charge is 0.202 e. The van der Waals surface area contributed by atoms with Gasteiger partial charge in [0.05, 0.1) is 19.4 Å². The monoisotopic (exact) mass is 236 g/mol. The molecule has 0 aliphatic carbocycles. The molecule has 1 aromatic carbocycles. The summed E-state index contributed by atoms with van der Waals surface area (Å²) in [5.41, 5.74) is 7.86. The number of benzene rings is 1. The lowest BCUT2D eigenvalue weighted by molar-refractivity contribution is 0.396. The van der Waals surface area contributed by atoms with Crippen molar-refractivity contribution in [2.45, 2.75) is 13.8 Å². The maximum atomic E-state index is 13.2. The van der Waals surface area contributed by atoms with E-state index in [0.717, 1.165) is 5.57 Å². The predicted octanol–water partition coefficient (Wildman–Crippen LogP) is 2.58. The van der Waals surface area contributed by atoms with Crippen molar-refractivity contribution in [1.29, 1.82) is 0 Å². The molecule has 0 spiro atoms. The number of rotatable bonds is 3. The second kappa shape index (κ2) is 6.15. The molecule has 92 valence electrons. The zero-order valence-electron chi connectivity index (χ0n) is 10.3. The maximum absolute atomic E-state index is 13.2. The molecule has 0 atom stereocenters. The third-order valence-electron chi connectivity index (χ3n) is 2.22. The van der Waals surface area contributed by atoms with Gasteiger partial charge in [0.1, 0.15) is 5.82 Å². The topological polar surface area (TPSA) is 47.6 Å². The number of aliphatic imine (C=N–C) groups is 1. The molecular weight excluding hydrogens is 219 g/mol. The molecule has 0 aromatic heterocycles. The summed E-state index contributed by atoms with van der Waals surface area (Å²) in [6, 6.07) is 6.29. The van der Waals surface area contributed by atoms with Crippen molar-refractivity contribution in [1.82, 2.24) is 0 Å². The summed E-state index contributed by atoms with van der Waals surface area (Å²) < 4.78 is 18.2. The van der Waals surface area contributed by atoms with E-state index in [1.807, 2.05) is 13.8 Å². The summed E-state index contributed by atoms with van der Waals surface area (Å²) in [4.78, 5) is 4.31. The van der Waals surface area contributed by atoms with E-state index < -0.39 is 0 Å². The average Bonchev–Trinajstić information content (AvgIpc) is 2.30. The van der Waals surface area contributed by atoms with Gasteiger partial charge >= 0.3 is 0 Å². The number of hydrogen-bond acceptors (Lipinski definition) is 3. The van der Waals surface area contributed by atoms with Crippen LogP contribution in [0.5, 0.6) is 0 Å². The number of ether oxygens (including phenoxy) is 1.